The summed E-state index contributed by atoms with van der Waals surface area (Å²) in [6.07, 6.45) is 2.65. The van der Waals surface area contributed by atoms with Crippen LogP contribution in [-0.2, 0) is 30.3 Å². The normalized spacial score (nSPS) is 16.7. The van der Waals surface area contributed by atoms with Crippen molar-refractivity contribution in [2.24, 2.45) is 16.6 Å². The zero-order chi connectivity index (χ0) is 31.0. The van der Waals surface area contributed by atoms with E-state index >= 15 is 0 Å². The topological polar surface area (TPSA) is 151 Å². The Bertz CT molecular complexity index is 1080. The minimum atomic E-state index is -1.82. The van der Waals surface area contributed by atoms with Crippen LogP contribution in [0.25, 0.3) is 0 Å². The third-order valence-corrected chi connectivity index (χ3v) is 6.51. The van der Waals surface area contributed by atoms with Crippen molar-refractivity contribution < 1.29 is 43.2 Å². The second kappa shape index (κ2) is 14.2. The monoisotopic (exact) mass is 577 g/mol. The first-order chi connectivity index (χ1) is 18.8. The van der Waals surface area contributed by atoms with E-state index in [2.05, 4.69) is 0 Å². The Morgan fingerprint density at radius 2 is 1.44 bits per heavy atom. The Morgan fingerprint density at radius 3 is 1.95 bits per heavy atom. The number of ether oxygens (including phenoxy) is 4. The van der Waals surface area contributed by atoms with E-state index in [1.165, 1.54) is 12.1 Å². The van der Waals surface area contributed by atoms with Crippen molar-refractivity contribution in [1.82, 2.24) is 0 Å². The van der Waals surface area contributed by atoms with Crippen molar-refractivity contribution in [1.29, 1.82) is 0 Å². The number of benzene rings is 1. The molecule has 2 rings (SSSR count). The molecule has 2 atom stereocenters. The maximum atomic E-state index is 12.6. The third kappa shape index (κ3) is 12.5. The van der Waals surface area contributed by atoms with Crippen LogP contribution < -0.4 is 15.2 Å². The number of carbonyl (C=O) groups excluding carboxylic acids is 3. The van der Waals surface area contributed by atoms with E-state index in [-0.39, 0.29) is 54.1 Å². The standard InChI is InChI=1S/C31H47NO9/c1-20(38-28(37)39-22-11-9-8-10-12-22)16-31(32,27(35)36)17-21-13-14-23(40-25(33)18-29(2,3)4)24(15-21)41-26(34)19-30(5,6)7/h13-15,20,22H,8-12,16-19,32H2,1-7H3,(H,35,36)/t20-,31?/m0/s1. The first kappa shape index (κ1) is 34.1. The Morgan fingerprint density at radius 1 is 0.902 bits per heavy atom. The molecule has 0 saturated heterocycles. The maximum absolute atomic E-state index is 12.6. The molecule has 1 aliphatic rings. The van der Waals surface area contributed by atoms with Gasteiger partial charge in [0.25, 0.3) is 0 Å². The second-order valence-corrected chi connectivity index (χ2v) is 13.6. The summed E-state index contributed by atoms with van der Waals surface area (Å²) in [6, 6.07) is 4.47. The van der Waals surface area contributed by atoms with Crippen LogP contribution in [0, 0.1) is 10.8 Å². The SMILES string of the molecule is C[C@@H](CC(N)(Cc1ccc(OC(=O)CC(C)(C)C)c(OC(=O)CC(C)(C)C)c1)C(=O)O)OC(=O)OC1CCCCC1. The number of aliphatic carboxylic acids is 1. The van der Waals surface area contributed by atoms with Crippen LogP contribution in [0.15, 0.2) is 18.2 Å². The van der Waals surface area contributed by atoms with Gasteiger partial charge in [-0.05, 0) is 61.1 Å². The molecule has 1 aliphatic carbocycles. The third-order valence-electron chi connectivity index (χ3n) is 6.51. The zero-order valence-corrected chi connectivity index (χ0v) is 25.5. The van der Waals surface area contributed by atoms with Crippen LogP contribution in [0.5, 0.6) is 11.5 Å². The summed E-state index contributed by atoms with van der Waals surface area (Å²) >= 11 is 0. The van der Waals surface area contributed by atoms with Gasteiger partial charge in [0.2, 0.25) is 0 Å². The molecule has 10 heteroatoms. The van der Waals surface area contributed by atoms with E-state index in [1.807, 2.05) is 41.5 Å². The molecular weight excluding hydrogens is 530 g/mol. The van der Waals surface area contributed by atoms with Crippen LogP contribution in [0.3, 0.4) is 0 Å². The predicted molar refractivity (Wildman–Crippen MR) is 153 cm³/mol. The van der Waals surface area contributed by atoms with Crippen LogP contribution in [0.2, 0.25) is 0 Å². The summed E-state index contributed by atoms with van der Waals surface area (Å²) in [5.74, 6) is -2.28. The molecule has 1 aromatic carbocycles. The number of nitrogens with two attached hydrogens (primary N) is 1. The summed E-state index contributed by atoms with van der Waals surface area (Å²) < 4.78 is 21.8. The molecule has 0 aliphatic heterocycles. The minimum absolute atomic E-state index is 0.00731. The number of hydrogen-bond acceptors (Lipinski definition) is 9. The van der Waals surface area contributed by atoms with E-state index in [9.17, 15) is 24.3 Å². The molecule has 230 valence electrons. The molecule has 1 saturated carbocycles. The molecule has 3 N–H and O–H groups in total. The average Bonchev–Trinajstić information content (AvgIpc) is 2.78. The quantitative estimate of drug-likeness (QED) is 0.238. The van der Waals surface area contributed by atoms with Gasteiger partial charge in [0.1, 0.15) is 17.7 Å². The lowest BCUT2D eigenvalue weighted by molar-refractivity contribution is -0.145. The summed E-state index contributed by atoms with van der Waals surface area (Å²) in [5, 5.41) is 10.0. The number of carbonyl (C=O) groups is 4. The van der Waals surface area contributed by atoms with E-state index in [0.717, 1.165) is 32.1 Å². The van der Waals surface area contributed by atoms with Crippen molar-refractivity contribution in [3.63, 3.8) is 0 Å². The van der Waals surface area contributed by atoms with Gasteiger partial charge in [-0.15, -0.1) is 0 Å². The van der Waals surface area contributed by atoms with Crippen LogP contribution in [-0.4, -0.2) is 46.9 Å². The van der Waals surface area contributed by atoms with Gasteiger partial charge in [-0.1, -0.05) is 54.0 Å². The lowest BCUT2D eigenvalue weighted by Gasteiger charge is -2.28. The summed E-state index contributed by atoms with van der Waals surface area (Å²) in [7, 11) is 0. The second-order valence-electron chi connectivity index (χ2n) is 13.6. The maximum Gasteiger partial charge on any atom is 0.508 e. The van der Waals surface area contributed by atoms with Crippen molar-refractivity contribution in [3.8, 4) is 11.5 Å². The molecule has 10 nitrogen and oxygen atoms in total. The van der Waals surface area contributed by atoms with Crippen molar-refractivity contribution in [2.75, 3.05) is 0 Å². The van der Waals surface area contributed by atoms with E-state index in [4.69, 9.17) is 24.7 Å². The smallest absolute Gasteiger partial charge is 0.480 e. The molecule has 0 heterocycles. The fourth-order valence-corrected chi connectivity index (χ4v) is 4.68. The fraction of sp³-hybridized carbons (Fsp3) is 0.677. The molecule has 1 aromatic rings. The Hall–Kier alpha value is -3.14. The molecule has 0 spiro atoms. The minimum Gasteiger partial charge on any atom is -0.480 e. The highest BCUT2D eigenvalue weighted by molar-refractivity contribution is 5.80. The number of rotatable bonds is 11. The number of carboxylic acid groups (broad SMARTS) is 1. The Balaban J connectivity index is 2.21. The van der Waals surface area contributed by atoms with Crippen LogP contribution in [0.4, 0.5) is 4.79 Å². The van der Waals surface area contributed by atoms with Gasteiger partial charge in [0, 0.05) is 12.8 Å². The summed E-state index contributed by atoms with van der Waals surface area (Å²) in [6.45, 7) is 12.9. The van der Waals surface area contributed by atoms with Gasteiger partial charge < -0.3 is 29.8 Å². The first-order valence-corrected chi connectivity index (χ1v) is 14.3. The number of esters is 2. The zero-order valence-electron chi connectivity index (χ0n) is 25.5. The number of hydrogen-bond donors (Lipinski definition) is 2. The highest BCUT2D eigenvalue weighted by Gasteiger charge is 2.38. The fourth-order valence-electron chi connectivity index (χ4n) is 4.68. The van der Waals surface area contributed by atoms with Gasteiger partial charge in [-0.3, -0.25) is 14.4 Å². The summed E-state index contributed by atoms with van der Waals surface area (Å²) in [5.41, 5.74) is 4.28. The first-order valence-electron chi connectivity index (χ1n) is 14.3. The van der Waals surface area contributed by atoms with Crippen molar-refractivity contribution in [3.05, 3.63) is 23.8 Å². The van der Waals surface area contributed by atoms with Crippen LogP contribution in [0.1, 0.15) is 105 Å². The molecular formula is C31H47NO9. The molecule has 0 amide bonds. The summed E-state index contributed by atoms with van der Waals surface area (Å²) in [4.78, 5) is 49.7. The average molecular weight is 578 g/mol. The van der Waals surface area contributed by atoms with Crippen molar-refractivity contribution in [2.45, 2.75) is 124 Å². The van der Waals surface area contributed by atoms with Gasteiger partial charge in [0.05, 0.1) is 12.8 Å². The highest BCUT2D eigenvalue weighted by atomic mass is 16.7. The van der Waals surface area contributed by atoms with Crippen LogP contribution >= 0.6 is 0 Å². The molecule has 0 bridgehead atoms. The molecule has 1 fully saturated rings. The largest absolute Gasteiger partial charge is 0.508 e. The van der Waals surface area contributed by atoms with E-state index in [1.54, 1.807) is 13.0 Å². The van der Waals surface area contributed by atoms with Gasteiger partial charge in [-0.2, -0.15) is 0 Å². The molecule has 0 radical (unpaired) electrons. The Labute approximate surface area is 243 Å². The molecule has 1 unspecified atom stereocenters. The van der Waals surface area contributed by atoms with E-state index < -0.39 is 35.7 Å². The van der Waals surface area contributed by atoms with Crippen molar-refractivity contribution >= 4 is 24.1 Å². The van der Waals surface area contributed by atoms with E-state index in [0.29, 0.717) is 5.56 Å². The molecule has 41 heavy (non-hydrogen) atoms. The lowest BCUT2D eigenvalue weighted by atomic mass is 9.86. The Kier molecular flexibility index (Phi) is 11.8. The predicted octanol–water partition coefficient (Wildman–Crippen LogP) is 5.96. The number of carboxylic acids is 1. The van der Waals surface area contributed by atoms with Gasteiger partial charge in [-0.25, -0.2) is 4.79 Å². The van der Waals surface area contributed by atoms with Gasteiger partial charge in [0.15, 0.2) is 11.5 Å². The lowest BCUT2D eigenvalue weighted by Crippen LogP contribution is -2.52. The van der Waals surface area contributed by atoms with Gasteiger partial charge >= 0.3 is 24.1 Å². The molecule has 0 aromatic heterocycles. The highest BCUT2D eigenvalue weighted by Crippen LogP contribution is 2.33.